The topological polar surface area (TPSA) is 60.7 Å². The van der Waals surface area contributed by atoms with Crippen LogP contribution in [0.2, 0.25) is 0 Å². The third-order valence-corrected chi connectivity index (χ3v) is 7.24. The van der Waals surface area contributed by atoms with E-state index in [0.717, 1.165) is 5.56 Å². The van der Waals surface area contributed by atoms with E-state index in [1.165, 1.54) is 0 Å². The second kappa shape index (κ2) is 4.66. The van der Waals surface area contributed by atoms with Gasteiger partial charge in [-0.05, 0) is 0 Å². The van der Waals surface area contributed by atoms with Gasteiger partial charge in [-0.2, -0.15) is 0 Å². The van der Waals surface area contributed by atoms with Gasteiger partial charge in [0.25, 0.3) is 0 Å². The van der Waals surface area contributed by atoms with Crippen molar-refractivity contribution in [3.05, 3.63) is 35.9 Å². The molecule has 1 aromatic rings. The molecule has 0 spiro atoms. The number of hydrogen-bond acceptors (Lipinski definition) is 3. The predicted molar refractivity (Wildman–Crippen MR) is 72.7 cm³/mol. The fraction of sp³-hybridized carbons (Fsp3) is 0.538. The van der Waals surface area contributed by atoms with E-state index in [1.807, 2.05) is 44.2 Å². The van der Waals surface area contributed by atoms with Crippen molar-refractivity contribution in [2.45, 2.75) is 39.0 Å². The zero-order valence-corrected chi connectivity index (χ0v) is 11.8. The van der Waals surface area contributed by atoms with E-state index >= 15 is 0 Å². The molecule has 0 saturated carbocycles. The molecule has 17 heavy (non-hydrogen) atoms. The summed E-state index contributed by atoms with van der Waals surface area (Å²) in [6.07, 6.45) is 0. The average molecular weight is 258 g/mol. The van der Waals surface area contributed by atoms with E-state index in [9.17, 15) is 14.7 Å². The number of hydrogen-bond donors (Lipinski definition) is 3. The van der Waals surface area contributed by atoms with Gasteiger partial charge in [-0.15, -0.1) is 0 Å². The molecule has 0 bridgehead atoms. The quantitative estimate of drug-likeness (QED) is 0.727. The van der Waals surface area contributed by atoms with Gasteiger partial charge >= 0.3 is 103 Å². The van der Waals surface area contributed by atoms with Gasteiger partial charge in [-0.1, -0.05) is 0 Å². The minimum atomic E-state index is -4.69. The van der Waals surface area contributed by atoms with Crippen LogP contribution in [-0.2, 0) is 0 Å². The van der Waals surface area contributed by atoms with Gasteiger partial charge in [0.05, 0.1) is 0 Å². The molecule has 0 fully saturated rings. The van der Waals surface area contributed by atoms with Crippen LogP contribution in [0.15, 0.2) is 30.3 Å². The van der Waals surface area contributed by atoms with Crippen LogP contribution in [0.25, 0.3) is 0 Å². The number of rotatable bonds is 4. The van der Waals surface area contributed by atoms with Crippen LogP contribution >= 0.6 is 7.28 Å². The molecule has 1 atom stereocenters. The molecule has 0 radical (unpaired) electrons. The van der Waals surface area contributed by atoms with Crippen LogP contribution in [-0.4, -0.2) is 20.3 Å². The van der Waals surface area contributed by atoms with Gasteiger partial charge in [0.1, 0.15) is 0 Å². The van der Waals surface area contributed by atoms with Crippen molar-refractivity contribution in [2.75, 3.05) is 0 Å². The normalized spacial score (nSPS) is 16.9. The predicted octanol–water partition coefficient (Wildman–Crippen LogP) is 3.07. The van der Waals surface area contributed by atoms with Crippen molar-refractivity contribution in [3.63, 3.8) is 0 Å². The molecule has 3 nitrogen and oxygen atoms in total. The van der Waals surface area contributed by atoms with Crippen LogP contribution in [0.5, 0.6) is 0 Å². The van der Waals surface area contributed by atoms with Gasteiger partial charge < -0.3 is 0 Å². The molecule has 4 heteroatoms. The SMILES string of the molecule is CC(C)C(c1ccccc1)P(O)(O)(O)C(C)C. The van der Waals surface area contributed by atoms with Crippen molar-refractivity contribution in [1.29, 1.82) is 0 Å². The third-order valence-electron chi connectivity index (χ3n) is 3.30. The molecule has 0 aliphatic rings. The Morgan fingerprint density at radius 2 is 1.35 bits per heavy atom. The van der Waals surface area contributed by atoms with E-state index < -0.39 is 18.6 Å². The van der Waals surface area contributed by atoms with Crippen LogP contribution in [0, 0.1) is 5.92 Å². The van der Waals surface area contributed by atoms with Crippen molar-refractivity contribution in [1.82, 2.24) is 0 Å². The molecule has 98 valence electrons. The maximum atomic E-state index is 10.4. The summed E-state index contributed by atoms with van der Waals surface area (Å²) in [5.74, 6) is -0.0440. The summed E-state index contributed by atoms with van der Waals surface area (Å²) in [6.45, 7) is 7.08. The van der Waals surface area contributed by atoms with E-state index in [-0.39, 0.29) is 5.92 Å². The van der Waals surface area contributed by atoms with Crippen LogP contribution < -0.4 is 0 Å². The molecule has 0 amide bonds. The molecule has 0 heterocycles. The van der Waals surface area contributed by atoms with Gasteiger partial charge in [0.15, 0.2) is 0 Å². The standard InChI is InChI=1S/C13H23O3P/c1-10(2)13(12-8-6-5-7-9-12)17(14,15,16)11(3)4/h5-11,13-16H,1-4H3. The summed E-state index contributed by atoms with van der Waals surface area (Å²) >= 11 is 0. The van der Waals surface area contributed by atoms with E-state index in [1.54, 1.807) is 13.8 Å². The molecular weight excluding hydrogens is 235 g/mol. The van der Waals surface area contributed by atoms with E-state index in [4.69, 9.17) is 0 Å². The second-order valence-corrected chi connectivity index (χ2v) is 9.11. The monoisotopic (exact) mass is 258 g/mol. The molecular formula is C13H23O3P. The summed E-state index contributed by atoms with van der Waals surface area (Å²) in [5, 5.41) is 0. The Labute approximate surface area is 103 Å². The first-order valence-electron chi connectivity index (χ1n) is 5.96. The zero-order valence-electron chi connectivity index (χ0n) is 10.9. The van der Waals surface area contributed by atoms with Gasteiger partial charge in [0, 0.05) is 0 Å². The Bertz CT molecular complexity index is 365. The van der Waals surface area contributed by atoms with Crippen LogP contribution in [0.4, 0.5) is 0 Å². The van der Waals surface area contributed by atoms with Gasteiger partial charge in [0.2, 0.25) is 0 Å². The summed E-state index contributed by atoms with van der Waals surface area (Å²) in [6, 6.07) is 9.22. The molecule has 3 N–H and O–H groups in total. The van der Waals surface area contributed by atoms with Crippen LogP contribution in [0.1, 0.15) is 38.9 Å². The van der Waals surface area contributed by atoms with Gasteiger partial charge in [-0.3, -0.25) is 0 Å². The van der Waals surface area contributed by atoms with Crippen molar-refractivity contribution >= 4 is 7.28 Å². The first kappa shape index (κ1) is 14.6. The summed E-state index contributed by atoms with van der Waals surface area (Å²) < 4.78 is 0. The fourth-order valence-corrected chi connectivity index (χ4v) is 4.75. The first-order chi connectivity index (χ1) is 7.65. The Hall–Kier alpha value is -0.470. The van der Waals surface area contributed by atoms with Crippen LogP contribution in [0.3, 0.4) is 0 Å². The third kappa shape index (κ3) is 2.86. The second-order valence-electron chi connectivity index (χ2n) is 5.30. The minimum absolute atomic E-state index is 0.0440. The van der Waals surface area contributed by atoms with E-state index in [0.29, 0.717) is 0 Å². The Balaban J connectivity index is 3.30. The molecule has 0 saturated heterocycles. The fourth-order valence-electron chi connectivity index (χ4n) is 2.21. The van der Waals surface area contributed by atoms with Gasteiger partial charge in [-0.25, -0.2) is 0 Å². The molecule has 0 aromatic heterocycles. The molecule has 1 aromatic carbocycles. The molecule has 1 unspecified atom stereocenters. The summed E-state index contributed by atoms with van der Waals surface area (Å²) in [5.41, 5.74) is -0.405. The zero-order chi connectivity index (χ0) is 13.3. The Kier molecular flexibility index (Phi) is 4.00. The molecule has 0 aliphatic heterocycles. The number of benzene rings is 1. The maximum absolute atomic E-state index is 10.4. The Morgan fingerprint density at radius 3 is 1.71 bits per heavy atom. The van der Waals surface area contributed by atoms with Crippen molar-refractivity contribution < 1.29 is 14.7 Å². The molecule has 1 rings (SSSR count). The molecule has 0 aliphatic carbocycles. The van der Waals surface area contributed by atoms with Crippen molar-refractivity contribution in [3.8, 4) is 0 Å². The Morgan fingerprint density at radius 1 is 0.882 bits per heavy atom. The van der Waals surface area contributed by atoms with Crippen molar-refractivity contribution in [2.24, 2.45) is 5.92 Å². The average Bonchev–Trinajstić information content (AvgIpc) is 2.16. The van der Waals surface area contributed by atoms with E-state index in [2.05, 4.69) is 0 Å². The first-order valence-corrected chi connectivity index (χ1v) is 8.19. The summed E-state index contributed by atoms with van der Waals surface area (Å²) in [4.78, 5) is 31.1. The summed E-state index contributed by atoms with van der Waals surface area (Å²) in [7, 11) is -4.69.